The summed E-state index contributed by atoms with van der Waals surface area (Å²) in [7, 11) is -1.07. The number of hydrogen-bond acceptors (Lipinski definition) is 5. The van der Waals surface area contributed by atoms with E-state index in [-0.39, 0.29) is 4.90 Å². The van der Waals surface area contributed by atoms with Crippen LogP contribution in [0, 0.1) is 0 Å². The van der Waals surface area contributed by atoms with E-state index in [2.05, 4.69) is 5.10 Å². The van der Waals surface area contributed by atoms with E-state index in [1.165, 1.54) is 38.2 Å². The summed E-state index contributed by atoms with van der Waals surface area (Å²) in [6.07, 6.45) is 2.57. The number of benzene rings is 1. The molecule has 0 unspecified atom stereocenters. The number of aromatic nitrogens is 2. The van der Waals surface area contributed by atoms with Crippen molar-refractivity contribution in [3.05, 3.63) is 36.7 Å². The number of likely N-dealkylation sites (N-methyl/N-ethyl adjacent to an activating group) is 1. The fraction of sp³-hybridized carbons (Fsp3) is 0.286. The summed E-state index contributed by atoms with van der Waals surface area (Å²) >= 11 is 0. The Bertz CT molecular complexity index is 816. The maximum atomic E-state index is 12.5. The Kier molecular flexibility index (Phi) is 4.71. The fourth-order valence-corrected chi connectivity index (χ4v) is 3.21. The number of sulfonamides is 1. The number of nitrogens with zero attached hydrogens (tertiary/aromatic N) is 3. The molecule has 1 heterocycles. The van der Waals surface area contributed by atoms with Crippen LogP contribution in [0.25, 0.3) is 5.69 Å². The van der Waals surface area contributed by atoms with E-state index in [4.69, 9.17) is 10.5 Å². The van der Waals surface area contributed by atoms with Crippen LogP contribution < -0.4 is 10.5 Å². The third-order valence-electron chi connectivity index (χ3n) is 3.53. The molecule has 0 radical (unpaired) electrons. The number of primary amides is 1. The van der Waals surface area contributed by atoms with Gasteiger partial charge in [0.1, 0.15) is 22.4 Å². The minimum atomic E-state index is -3.88. The van der Waals surface area contributed by atoms with E-state index in [9.17, 15) is 13.2 Å². The molecule has 0 aliphatic carbocycles. The molecule has 0 spiro atoms. The lowest BCUT2D eigenvalue weighted by atomic mass is 10.3. The van der Waals surface area contributed by atoms with E-state index >= 15 is 0 Å². The Labute approximate surface area is 134 Å². The van der Waals surface area contributed by atoms with Crippen LogP contribution in [0.2, 0.25) is 0 Å². The van der Waals surface area contributed by atoms with Crippen LogP contribution in [-0.4, -0.2) is 48.6 Å². The number of carbonyl (C=O) groups excluding carboxylic acids is 1. The first kappa shape index (κ1) is 17.0. The molecule has 1 aromatic heterocycles. The van der Waals surface area contributed by atoms with Crippen LogP contribution in [0.1, 0.15) is 6.92 Å². The summed E-state index contributed by atoms with van der Waals surface area (Å²) in [4.78, 5) is 11.2. The Balaban J connectivity index is 2.41. The van der Waals surface area contributed by atoms with Crippen molar-refractivity contribution in [2.24, 2.45) is 5.73 Å². The van der Waals surface area contributed by atoms with Crippen LogP contribution >= 0.6 is 0 Å². The average Bonchev–Trinajstić information content (AvgIpc) is 3.03. The summed E-state index contributed by atoms with van der Waals surface area (Å²) < 4.78 is 32.6. The molecule has 1 aromatic carbocycles. The zero-order chi connectivity index (χ0) is 17.2. The SMILES string of the molecule is COc1ccccc1-n1cc(S(=O)(=O)N(C)[C@H](C)C(N)=O)cn1. The number of nitrogens with two attached hydrogens (primary N) is 1. The molecule has 9 heteroatoms. The first-order chi connectivity index (χ1) is 10.8. The molecular weight excluding hydrogens is 320 g/mol. The van der Waals surface area contributed by atoms with Gasteiger partial charge in [-0.15, -0.1) is 0 Å². The molecule has 0 bridgehead atoms. The summed E-state index contributed by atoms with van der Waals surface area (Å²) in [5, 5.41) is 4.06. The summed E-state index contributed by atoms with van der Waals surface area (Å²) in [6, 6.07) is 6.11. The Hall–Kier alpha value is -2.39. The molecule has 0 aliphatic rings. The Morgan fingerprint density at radius 3 is 2.65 bits per heavy atom. The second-order valence-corrected chi connectivity index (χ2v) is 6.89. The maximum Gasteiger partial charge on any atom is 0.246 e. The highest BCUT2D eigenvalue weighted by atomic mass is 32.2. The lowest BCUT2D eigenvalue weighted by molar-refractivity contribution is -0.120. The van der Waals surface area contributed by atoms with Gasteiger partial charge in [0.2, 0.25) is 15.9 Å². The zero-order valence-electron chi connectivity index (χ0n) is 13.0. The topological polar surface area (TPSA) is 108 Å². The van der Waals surface area contributed by atoms with E-state index < -0.39 is 22.0 Å². The lowest BCUT2D eigenvalue weighted by Gasteiger charge is -2.20. The third kappa shape index (κ3) is 3.20. The van der Waals surface area contributed by atoms with Gasteiger partial charge in [-0.05, 0) is 19.1 Å². The quantitative estimate of drug-likeness (QED) is 0.819. The molecule has 1 atom stereocenters. The van der Waals surface area contributed by atoms with Gasteiger partial charge in [-0.2, -0.15) is 9.40 Å². The minimum Gasteiger partial charge on any atom is -0.494 e. The number of methoxy groups -OCH3 is 1. The van der Waals surface area contributed by atoms with Gasteiger partial charge in [0, 0.05) is 7.05 Å². The predicted octanol–water partition coefficient (Wildman–Crippen LogP) is 0.375. The molecule has 23 heavy (non-hydrogen) atoms. The minimum absolute atomic E-state index is 0.0426. The molecule has 124 valence electrons. The normalized spacial score (nSPS) is 13.0. The van der Waals surface area contributed by atoms with E-state index in [0.29, 0.717) is 11.4 Å². The monoisotopic (exact) mass is 338 g/mol. The van der Waals surface area contributed by atoms with Crippen molar-refractivity contribution in [1.29, 1.82) is 0 Å². The molecular formula is C14H18N4O4S. The first-order valence-electron chi connectivity index (χ1n) is 6.74. The summed E-state index contributed by atoms with van der Waals surface area (Å²) in [5.74, 6) is -0.174. The largest absolute Gasteiger partial charge is 0.494 e. The first-order valence-corrected chi connectivity index (χ1v) is 8.18. The molecule has 8 nitrogen and oxygen atoms in total. The number of rotatable bonds is 6. The van der Waals surface area contributed by atoms with Crippen LogP contribution in [0.3, 0.4) is 0 Å². The van der Waals surface area contributed by atoms with Gasteiger partial charge >= 0.3 is 0 Å². The summed E-state index contributed by atoms with van der Waals surface area (Å²) in [5.41, 5.74) is 5.76. The summed E-state index contributed by atoms with van der Waals surface area (Å²) in [6.45, 7) is 1.42. The number of carbonyl (C=O) groups is 1. The van der Waals surface area contributed by atoms with E-state index in [1.54, 1.807) is 24.3 Å². The van der Waals surface area contributed by atoms with Gasteiger partial charge < -0.3 is 10.5 Å². The second kappa shape index (κ2) is 6.39. The van der Waals surface area contributed by atoms with Crippen molar-refractivity contribution < 1.29 is 17.9 Å². The number of hydrogen-bond donors (Lipinski definition) is 1. The van der Waals surface area contributed by atoms with Crippen LogP contribution in [0.5, 0.6) is 5.75 Å². The van der Waals surface area contributed by atoms with Crippen molar-refractivity contribution in [3.63, 3.8) is 0 Å². The van der Waals surface area contributed by atoms with Crippen molar-refractivity contribution in [2.75, 3.05) is 14.2 Å². The molecule has 1 amide bonds. The van der Waals surface area contributed by atoms with Crippen LogP contribution in [-0.2, 0) is 14.8 Å². The smallest absolute Gasteiger partial charge is 0.246 e. The highest BCUT2D eigenvalue weighted by molar-refractivity contribution is 7.89. The van der Waals surface area contributed by atoms with Crippen LogP contribution in [0.4, 0.5) is 0 Å². The number of amides is 1. The molecule has 0 fully saturated rings. The van der Waals surface area contributed by atoms with Crippen LogP contribution in [0.15, 0.2) is 41.6 Å². The zero-order valence-corrected chi connectivity index (χ0v) is 13.8. The number of ether oxygens (including phenoxy) is 1. The van der Waals surface area contributed by atoms with E-state index in [0.717, 1.165) is 4.31 Å². The lowest BCUT2D eigenvalue weighted by Crippen LogP contribution is -2.43. The average molecular weight is 338 g/mol. The Morgan fingerprint density at radius 1 is 1.39 bits per heavy atom. The highest BCUT2D eigenvalue weighted by Gasteiger charge is 2.29. The fourth-order valence-electron chi connectivity index (χ4n) is 1.94. The van der Waals surface area contributed by atoms with Crippen molar-refractivity contribution in [3.8, 4) is 11.4 Å². The molecule has 2 aromatic rings. The Morgan fingerprint density at radius 2 is 2.04 bits per heavy atom. The molecule has 2 rings (SSSR count). The molecule has 0 aliphatic heterocycles. The molecule has 2 N–H and O–H groups in total. The van der Waals surface area contributed by atoms with Gasteiger partial charge in [0.05, 0.1) is 19.5 Å². The molecule has 0 saturated carbocycles. The van der Waals surface area contributed by atoms with Gasteiger partial charge in [0.25, 0.3) is 0 Å². The van der Waals surface area contributed by atoms with E-state index in [1.807, 2.05) is 0 Å². The van der Waals surface area contributed by atoms with Crippen molar-refractivity contribution >= 4 is 15.9 Å². The standard InChI is InChI=1S/C14H18N4O4S/c1-10(14(15)19)17(2)23(20,21)11-8-16-18(9-11)12-6-4-5-7-13(12)22-3/h4-10H,1-3H3,(H2,15,19)/t10-/m1/s1. The van der Waals surface area contributed by atoms with Gasteiger partial charge in [0.15, 0.2) is 0 Å². The molecule has 0 saturated heterocycles. The predicted molar refractivity (Wildman–Crippen MR) is 83.7 cm³/mol. The second-order valence-electron chi connectivity index (χ2n) is 4.89. The number of para-hydroxylation sites is 2. The van der Waals surface area contributed by atoms with Gasteiger partial charge in [-0.1, -0.05) is 12.1 Å². The van der Waals surface area contributed by atoms with Crippen molar-refractivity contribution in [1.82, 2.24) is 14.1 Å². The maximum absolute atomic E-state index is 12.5. The van der Waals surface area contributed by atoms with Crippen molar-refractivity contribution in [2.45, 2.75) is 17.9 Å². The highest BCUT2D eigenvalue weighted by Crippen LogP contribution is 2.23. The third-order valence-corrected chi connectivity index (χ3v) is 5.41. The van der Waals surface area contributed by atoms with Gasteiger partial charge in [-0.3, -0.25) is 4.79 Å². The van der Waals surface area contributed by atoms with Gasteiger partial charge in [-0.25, -0.2) is 13.1 Å².